The number of rotatable bonds is 3. The van der Waals surface area contributed by atoms with Crippen LogP contribution in [0.2, 0.25) is 0 Å². The van der Waals surface area contributed by atoms with Crippen molar-refractivity contribution in [3.63, 3.8) is 0 Å². The van der Waals surface area contributed by atoms with Crippen LogP contribution in [0, 0.1) is 0 Å². The predicted molar refractivity (Wildman–Crippen MR) is 92.0 cm³/mol. The molecule has 2 aromatic rings. The smallest absolute Gasteiger partial charge is 0.0542 e. The molecule has 1 saturated heterocycles. The van der Waals surface area contributed by atoms with Crippen molar-refractivity contribution in [3.8, 4) is 0 Å². The minimum atomic E-state index is 0.960. The Morgan fingerprint density at radius 2 is 1.52 bits per heavy atom. The Labute approximate surface area is 134 Å². The van der Waals surface area contributed by atoms with Gasteiger partial charge in [0.25, 0.3) is 0 Å². The van der Waals surface area contributed by atoms with Gasteiger partial charge in [0.2, 0.25) is 0 Å². The molecule has 0 N–H and O–H groups in total. The second-order valence-corrected chi connectivity index (χ2v) is 5.99. The van der Waals surface area contributed by atoms with Crippen molar-refractivity contribution in [2.45, 2.75) is 0 Å². The summed E-state index contributed by atoms with van der Waals surface area (Å²) in [6.07, 6.45) is 1.94. The SMILES string of the molecule is Brc1ccc(/C=N/N2CCN(c3ccccc3)CC2)cc1. The molecule has 1 fully saturated rings. The highest BCUT2D eigenvalue weighted by molar-refractivity contribution is 9.10. The summed E-state index contributed by atoms with van der Waals surface area (Å²) in [6.45, 7) is 3.95. The molecule has 0 aromatic heterocycles. The van der Waals surface area contributed by atoms with Crippen molar-refractivity contribution < 1.29 is 0 Å². The Hall–Kier alpha value is -1.81. The van der Waals surface area contributed by atoms with E-state index in [0.717, 1.165) is 36.2 Å². The van der Waals surface area contributed by atoms with E-state index < -0.39 is 0 Å². The Morgan fingerprint density at radius 1 is 0.857 bits per heavy atom. The van der Waals surface area contributed by atoms with Crippen molar-refractivity contribution in [1.29, 1.82) is 0 Å². The first-order valence-corrected chi connectivity index (χ1v) is 7.95. The third-order valence-electron chi connectivity index (χ3n) is 3.62. The summed E-state index contributed by atoms with van der Waals surface area (Å²) in [5.41, 5.74) is 2.43. The molecule has 0 spiro atoms. The molecule has 0 amide bonds. The highest BCUT2D eigenvalue weighted by atomic mass is 79.9. The number of halogens is 1. The van der Waals surface area contributed by atoms with Gasteiger partial charge in [-0.05, 0) is 29.8 Å². The fraction of sp³-hybridized carbons (Fsp3) is 0.235. The molecule has 0 unspecified atom stereocenters. The minimum Gasteiger partial charge on any atom is -0.368 e. The zero-order chi connectivity index (χ0) is 14.5. The van der Waals surface area contributed by atoms with Crippen LogP contribution in [0.4, 0.5) is 5.69 Å². The van der Waals surface area contributed by atoms with Crippen LogP contribution in [-0.4, -0.2) is 37.4 Å². The third-order valence-corrected chi connectivity index (χ3v) is 4.15. The molecule has 108 valence electrons. The highest BCUT2D eigenvalue weighted by Gasteiger charge is 2.15. The van der Waals surface area contributed by atoms with E-state index in [0.29, 0.717) is 0 Å². The molecule has 0 aliphatic carbocycles. The molecule has 0 atom stereocenters. The Bertz CT molecular complexity index is 587. The molecule has 0 radical (unpaired) electrons. The lowest BCUT2D eigenvalue weighted by Gasteiger charge is -2.34. The monoisotopic (exact) mass is 343 g/mol. The van der Waals surface area contributed by atoms with E-state index in [9.17, 15) is 0 Å². The van der Waals surface area contributed by atoms with Crippen molar-refractivity contribution in [1.82, 2.24) is 5.01 Å². The van der Waals surface area contributed by atoms with E-state index in [1.807, 2.05) is 18.3 Å². The normalized spacial score (nSPS) is 15.7. The topological polar surface area (TPSA) is 18.8 Å². The van der Waals surface area contributed by atoms with Crippen LogP contribution in [0.5, 0.6) is 0 Å². The molecule has 3 nitrogen and oxygen atoms in total. The van der Waals surface area contributed by atoms with Crippen LogP contribution in [0.1, 0.15) is 5.56 Å². The molecule has 1 heterocycles. The quantitative estimate of drug-likeness (QED) is 0.793. The average Bonchev–Trinajstić information content (AvgIpc) is 2.56. The van der Waals surface area contributed by atoms with E-state index in [-0.39, 0.29) is 0 Å². The van der Waals surface area contributed by atoms with Crippen molar-refractivity contribution >= 4 is 27.8 Å². The minimum absolute atomic E-state index is 0.960. The van der Waals surface area contributed by atoms with Gasteiger partial charge in [-0.3, -0.25) is 5.01 Å². The number of hydrazone groups is 1. The highest BCUT2D eigenvalue weighted by Crippen LogP contribution is 2.15. The van der Waals surface area contributed by atoms with Crippen molar-refractivity contribution in [2.24, 2.45) is 5.10 Å². The summed E-state index contributed by atoms with van der Waals surface area (Å²) in [7, 11) is 0. The summed E-state index contributed by atoms with van der Waals surface area (Å²) in [5.74, 6) is 0. The number of anilines is 1. The van der Waals surface area contributed by atoms with Gasteiger partial charge in [-0.15, -0.1) is 0 Å². The molecular weight excluding hydrogens is 326 g/mol. The Kier molecular flexibility index (Phi) is 4.55. The molecular formula is C17H18BrN3. The maximum atomic E-state index is 4.58. The molecule has 1 aliphatic rings. The van der Waals surface area contributed by atoms with Crippen molar-refractivity contribution in [3.05, 3.63) is 64.6 Å². The van der Waals surface area contributed by atoms with Crippen LogP contribution in [-0.2, 0) is 0 Å². The van der Waals surface area contributed by atoms with Crippen molar-refractivity contribution in [2.75, 3.05) is 31.1 Å². The van der Waals surface area contributed by atoms with Gasteiger partial charge in [0.05, 0.1) is 19.3 Å². The van der Waals surface area contributed by atoms with Crippen LogP contribution >= 0.6 is 15.9 Å². The summed E-state index contributed by atoms with van der Waals surface area (Å²) < 4.78 is 1.09. The number of para-hydroxylation sites is 1. The number of hydrogen-bond acceptors (Lipinski definition) is 3. The van der Waals surface area contributed by atoms with Crippen LogP contribution in [0.25, 0.3) is 0 Å². The summed E-state index contributed by atoms with van der Waals surface area (Å²) >= 11 is 3.44. The first kappa shape index (κ1) is 14.1. The summed E-state index contributed by atoms with van der Waals surface area (Å²) in [4.78, 5) is 2.41. The van der Waals surface area contributed by atoms with Crippen LogP contribution in [0.3, 0.4) is 0 Å². The Morgan fingerprint density at radius 3 is 2.19 bits per heavy atom. The van der Waals surface area contributed by atoms with Gasteiger partial charge in [0.1, 0.15) is 0 Å². The van der Waals surface area contributed by atoms with Gasteiger partial charge in [-0.25, -0.2) is 0 Å². The van der Waals surface area contributed by atoms with Crippen LogP contribution in [0.15, 0.2) is 64.2 Å². The maximum absolute atomic E-state index is 4.58. The van der Waals surface area contributed by atoms with E-state index >= 15 is 0 Å². The molecule has 0 saturated carbocycles. The van der Waals surface area contributed by atoms with Gasteiger partial charge in [-0.1, -0.05) is 46.3 Å². The maximum Gasteiger partial charge on any atom is 0.0542 e. The lowest BCUT2D eigenvalue weighted by atomic mass is 10.2. The summed E-state index contributed by atoms with van der Waals surface area (Å²) in [6, 6.07) is 18.8. The summed E-state index contributed by atoms with van der Waals surface area (Å²) in [5, 5.41) is 6.72. The van der Waals surface area contributed by atoms with Crippen LogP contribution < -0.4 is 4.90 Å². The van der Waals surface area contributed by atoms with Gasteiger partial charge in [0.15, 0.2) is 0 Å². The van der Waals surface area contributed by atoms with Gasteiger partial charge in [0, 0.05) is 23.2 Å². The fourth-order valence-electron chi connectivity index (χ4n) is 2.41. The first-order valence-electron chi connectivity index (χ1n) is 7.16. The van der Waals surface area contributed by atoms with Gasteiger partial charge >= 0.3 is 0 Å². The molecule has 4 heteroatoms. The zero-order valence-electron chi connectivity index (χ0n) is 11.8. The molecule has 0 bridgehead atoms. The fourth-order valence-corrected chi connectivity index (χ4v) is 2.67. The van der Waals surface area contributed by atoms with E-state index in [4.69, 9.17) is 0 Å². The first-order chi connectivity index (χ1) is 10.3. The zero-order valence-corrected chi connectivity index (χ0v) is 13.4. The number of benzene rings is 2. The van der Waals surface area contributed by atoms with E-state index in [1.165, 1.54) is 5.69 Å². The third kappa shape index (κ3) is 3.85. The van der Waals surface area contributed by atoms with E-state index in [1.54, 1.807) is 0 Å². The number of nitrogens with zero attached hydrogens (tertiary/aromatic N) is 3. The van der Waals surface area contributed by atoms with E-state index in [2.05, 4.69) is 73.4 Å². The average molecular weight is 344 g/mol. The molecule has 1 aliphatic heterocycles. The Balaban J connectivity index is 1.55. The van der Waals surface area contributed by atoms with Gasteiger partial charge in [-0.2, -0.15) is 5.10 Å². The lowest BCUT2D eigenvalue weighted by Crippen LogP contribution is -2.44. The lowest BCUT2D eigenvalue weighted by molar-refractivity contribution is 0.272. The molecule has 2 aromatic carbocycles. The standard InChI is InChI=1S/C17H18BrN3/c18-16-8-6-15(7-9-16)14-19-21-12-10-20(11-13-21)17-4-2-1-3-5-17/h1-9,14H,10-13H2/b19-14+. The molecule has 3 rings (SSSR count). The molecule has 21 heavy (non-hydrogen) atoms. The second kappa shape index (κ2) is 6.76. The number of hydrogen-bond donors (Lipinski definition) is 0. The largest absolute Gasteiger partial charge is 0.368 e. The number of piperazine rings is 1. The second-order valence-electron chi connectivity index (χ2n) is 5.07. The van der Waals surface area contributed by atoms with Gasteiger partial charge < -0.3 is 4.90 Å². The predicted octanol–water partition coefficient (Wildman–Crippen LogP) is 3.61.